The molecule has 0 aliphatic carbocycles. The Bertz CT molecular complexity index is 459. The van der Waals surface area contributed by atoms with Gasteiger partial charge in [0.1, 0.15) is 0 Å². The van der Waals surface area contributed by atoms with Crippen molar-refractivity contribution in [3.63, 3.8) is 0 Å². The first kappa shape index (κ1) is 16.5. The van der Waals surface area contributed by atoms with Crippen molar-refractivity contribution in [1.29, 1.82) is 0 Å². The summed E-state index contributed by atoms with van der Waals surface area (Å²) in [6, 6.07) is 7.54. The number of hydrogen-bond donors (Lipinski definition) is 0. The maximum Gasteiger partial charge on any atom is 0.253 e. The summed E-state index contributed by atoms with van der Waals surface area (Å²) in [5.74, 6) is 0.101. The summed E-state index contributed by atoms with van der Waals surface area (Å²) in [6.45, 7) is 5.50. The highest BCUT2D eigenvalue weighted by Gasteiger charge is 2.23. The van der Waals surface area contributed by atoms with Crippen molar-refractivity contribution in [2.24, 2.45) is 0 Å². The molecule has 1 aliphatic heterocycles. The molecule has 0 unspecified atom stereocenters. The number of piperidine rings is 1. The van der Waals surface area contributed by atoms with Crippen LogP contribution in [0.1, 0.15) is 30.1 Å². The Morgan fingerprint density at radius 3 is 2.76 bits per heavy atom. The summed E-state index contributed by atoms with van der Waals surface area (Å²) in [7, 11) is 0. The number of carbonyl (C=O) groups excluding carboxylic acids is 1. The van der Waals surface area contributed by atoms with Gasteiger partial charge in [-0.1, -0.05) is 22.0 Å². The number of benzene rings is 1. The van der Waals surface area contributed by atoms with E-state index in [4.69, 9.17) is 9.47 Å². The van der Waals surface area contributed by atoms with Crippen LogP contribution in [0.25, 0.3) is 0 Å². The summed E-state index contributed by atoms with van der Waals surface area (Å²) >= 11 is 3.40. The third-order valence-electron chi connectivity index (χ3n) is 3.59. The molecular formula is C16H22BrNO3. The van der Waals surface area contributed by atoms with Crippen LogP contribution in [-0.2, 0) is 9.47 Å². The molecule has 0 spiro atoms. The molecule has 1 aliphatic rings. The first-order chi connectivity index (χ1) is 10.2. The van der Waals surface area contributed by atoms with E-state index in [-0.39, 0.29) is 12.0 Å². The molecule has 1 aromatic carbocycles. The number of ether oxygens (including phenoxy) is 2. The van der Waals surface area contributed by atoms with E-state index in [2.05, 4.69) is 15.9 Å². The van der Waals surface area contributed by atoms with Crippen LogP contribution >= 0.6 is 15.9 Å². The second-order valence-corrected chi connectivity index (χ2v) is 5.99. The molecule has 1 fully saturated rings. The van der Waals surface area contributed by atoms with Crippen molar-refractivity contribution < 1.29 is 14.3 Å². The van der Waals surface area contributed by atoms with Crippen LogP contribution in [0, 0.1) is 0 Å². The van der Waals surface area contributed by atoms with Gasteiger partial charge in [-0.3, -0.25) is 4.79 Å². The van der Waals surface area contributed by atoms with E-state index in [0.29, 0.717) is 13.2 Å². The van der Waals surface area contributed by atoms with Crippen LogP contribution in [0.15, 0.2) is 28.7 Å². The summed E-state index contributed by atoms with van der Waals surface area (Å²) in [5, 5.41) is 0. The van der Waals surface area contributed by atoms with E-state index >= 15 is 0 Å². The largest absolute Gasteiger partial charge is 0.379 e. The number of nitrogens with zero attached hydrogens (tertiary/aromatic N) is 1. The van der Waals surface area contributed by atoms with Crippen LogP contribution in [0.3, 0.4) is 0 Å². The van der Waals surface area contributed by atoms with Gasteiger partial charge in [0.2, 0.25) is 0 Å². The molecular weight excluding hydrogens is 334 g/mol. The van der Waals surface area contributed by atoms with E-state index in [1.807, 2.05) is 36.1 Å². The molecule has 21 heavy (non-hydrogen) atoms. The van der Waals surface area contributed by atoms with Gasteiger partial charge in [-0.15, -0.1) is 0 Å². The molecule has 0 radical (unpaired) electrons. The van der Waals surface area contributed by atoms with E-state index < -0.39 is 0 Å². The van der Waals surface area contributed by atoms with Gasteiger partial charge in [0.05, 0.1) is 19.3 Å². The monoisotopic (exact) mass is 355 g/mol. The Kier molecular flexibility index (Phi) is 6.67. The standard InChI is InChI=1S/C16H22BrNO3/c1-2-20-10-11-21-15-6-8-18(9-7-15)16(19)13-4-3-5-14(17)12-13/h3-5,12,15H,2,6-11H2,1H3. The van der Waals surface area contributed by atoms with Crippen LogP contribution in [-0.4, -0.2) is 49.8 Å². The third-order valence-corrected chi connectivity index (χ3v) is 4.08. The summed E-state index contributed by atoms with van der Waals surface area (Å²) in [4.78, 5) is 14.3. The highest BCUT2D eigenvalue weighted by atomic mass is 79.9. The van der Waals surface area contributed by atoms with Crippen molar-refractivity contribution in [2.45, 2.75) is 25.9 Å². The fourth-order valence-electron chi connectivity index (χ4n) is 2.45. The maximum absolute atomic E-state index is 12.4. The molecule has 1 saturated heterocycles. The van der Waals surface area contributed by atoms with E-state index in [1.165, 1.54) is 0 Å². The van der Waals surface area contributed by atoms with E-state index in [0.717, 1.165) is 42.6 Å². The molecule has 1 amide bonds. The number of carbonyl (C=O) groups is 1. The summed E-state index contributed by atoms with van der Waals surface area (Å²) in [5.41, 5.74) is 0.736. The van der Waals surface area contributed by atoms with Gasteiger partial charge in [-0.05, 0) is 38.0 Å². The quantitative estimate of drug-likeness (QED) is 0.736. The SMILES string of the molecule is CCOCCOC1CCN(C(=O)c2cccc(Br)c2)CC1. The lowest BCUT2D eigenvalue weighted by Gasteiger charge is -2.32. The summed E-state index contributed by atoms with van der Waals surface area (Å²) in [6.07, 6.45) is 2.04. The van der Waals surface area contributed by atoms with Crippen molar-refractivity contribution in [3.05, 3.63) is 34.3 Å². The fourth-order valence-corrected chi connectivity index (χ4v) is 2.85. The molecule has 0 saturated carbocycles. The zero-order valence-corrected chi connectivity index (χ0v) is 14.0. The second-order valence-electron chi connectivity index (χ2n) is 5.07. The molecule has 5 heteroatoms. The Morgan fingerprint density at radius 1 is 1.33 bits per heavy atom. The average molecular weight is 356 g/mol. The lowest BCUT2D eigenvalue weighted by atomic mass is 10.1. The van der Waals surface area contributed by atoms with Crippen molar-refractivity contribution in [3.8, 4) is 0 Å². The van der Waals surface area contributed by atoms with Gasteiger partial charge in [0.25, 0.3) is 5.91 Å². The Labute approximate surface area is 134 Å². The zero-order chi connectivity index (χ0) is 15.1. The molecule has 0 N–H and O–H groups in total. The number of likely N-dealkylation sites (tertiary alicyclic amines) is 1. The molecule has 0 bridgehead atoms. The molecule has 4 nitrogen and oxygen atoms in total. The number of amides is 1. The van der Waals surface area contributed by atoms with Crippen LogP contribution in [0.5, 0.6) is 0 Å². The second kappa shape index (κ2) is 8.51. The van der Waals surface area contributed by atoms with Gasteiger partial charge in [-0.25, -0.2) is 0 Å². The third kappa shape index (κ3) is 5.09. The smallest absolute Gasteiger partial charge is 0.253 e. The first-order valence-corrected chi connectivity index (χ1v) is 8.24. The lowest BCUT2D eigenvalue weighted by molar-refractivity contribution is -0.0182. The number of rotatable bonds is 6. The predicted molar refractivity (Wildman–Crippen MR) is 85.5 cm³/mol. The normalized spacial score (nSPS) is 16.2. The number of hydrogen-bond acceptors (Lipinski definition) is 3. The topological polar surface area (TPSA) is 38.8 Å². The molecule has 0 aromatic heterocycles. The fraction of sp³-hybridized carbons (Fsp3) is 0.562. The van der Waals surface area contributed by atoms with Gasteiger partial charge in [0, 0.05) is 29.7 Å². The average Bonchev–Trinajstić information content (AvgIpc) is 2.51. The van der Waals surface area contributed by atoms with Gasteiger partial charge < -0.3 is 14.4 Å². The van der Waals surface area contributed by atoms with Crippen molar-refractivity contribution in [1.82, 2.24) is 4.90 Å². The van der Waals surface area contributed by atoms with Crippen LogP contribution in [0.2, 0.25) is 0 Å². The lowest BCUT2D eigenvalue weighted by Crippen LogP contribution is -2.41. The Morgan fingerprint density at radius 2 is 2.10 bits per heavy atom. The van der Waals surface area contributed by atoms with Crippen molar-refractivity contribution >= 4 is 21.8 Å². The summed E-state index contributed by atoms with van der Waals surface area (Å²) < 4.78 is 12.0. The highest BCUT2D eigenvalue weighted by Crippen LogP contribution is 2.18. The molecule has 1 aromatic rings. The molecule has 1 heterocycles. The molecule has 2 rings (SSSR count). The Balaban J connectivity index is 1.77. The minimum atomic E-state index is 0.101. The van der Waals surface area contributed by atoms with Crippen molar-refractivity contribution in [2.75, 3.05) is 32.9 Å². The van der Waals surface area contributed by atoms with E-state index in [9.17, 15) is 4.79 Å². The minimum Gasteiger partial charge on any atom is -0.379 e. The number of halogens is 1. The molecule has 116 valence electrons. The minimum absolute atomic E-state index is 0.101. The Hall–Kier alpha value is -0.910. The van der Waals surface area contributed by atoms with Gasteiger partial charge in [-0.2, -0.15) is 0 Å². The van der Waals surface area contributed by atoms with E-state index in [1.54, 1.807) is 0 Å². The van der Waals surface area contributed by atoms with Gasteiger partial charge >= 0.3 is 0 Å². The van der Waals surface area contributed by atoms with Crippen LogP contribution in [0.4, 0.5) is 0 Å². The molecule has 0 atom stereocenters. The first-order valence-electron chi connectivity index (χ1n) is 7.45. The highest BCUT2D eigenvalue weighted by molar-refractivity contribution is 9.10. The van der Waals surface area contributed by atoms with Gasteiger partial charge in [0.15, 0.2) is 0 Å². The zero-order valence-electron chi connectivity index (χ0n) is 12.4. The predicted octanol–water partition coefficient (Wildman–Crippen LogP) is 3.11. The van der Waals surface area contributed by atoms with Crippen LogP contribution < -0.4 is 0 Å². The maximum atomic E-state index is 12.4.